The number of carbonyl (C=O) groups excluding carboxylic acids is 1. The van der Waals surface area contributed by atoms with E-state index < -0.39 is 9.84 Å². The van der Waals surface area contributed by atoms with Gasteiger partial charge in [0.05, 0.1) is 4.90 Å². The fraction of sp³-hybridized carbons (Fsp3) is 0.286. The van der Waals surface area contributed by atoms with E-state index in [4.69, 9.17) is 5.73 Å². The number of nitrogens with two attached hydrogens (primary N) is 1. The van der Waals surface area contributed by atoms with Gasteiger partial charge in [-0.15, -0.1) is 0 Å². The first-order valence-electron chi connectivity index (χ1n) is 6.49. The molecule has 0 bridgehead atoms. The van der Waals surface area contributed by atoms with E-state index in [9.17, 15) is 13.2 Å². The van der Waals surface area contributed by atoms with Crippen LogP contribution in [0.2, 0.25) is 0 Å². The Hall–Kier alpha value is -2.15. The second-order valence-electron chi connectivity index (χ2n) is 4.84. The number of aryl methyl sites for hydroxylation is 1. The van der Waals surface area contributed by atoms with Crippen molar-refractivity contribution < 1.29 is 13.2 Å². The maximum absolute atomic E-state index is 12.5. The van der Waals surface area contributed by atoms with E-state index in [2.05, 4.69) is 4.98 Å². The first-order chi connectivity index (χ1) is 9.82. The number of imidazole rings is 1. The Morgan fingerprint density at radius 3 is 2.67 bits per heavy atom. The lowest BCUT2D eigenvalue weighted by Crippen LogP contribution is -2.12. The van der Waals surface area contributed by atoms with E-state index in [1.165, 1.54) is 18.2 Å². The number of benzene rings is 1. The van der Waals surface area contributed by atoms with Gasteiger partial charge in [-0.1, -0.05) is 6.92 Å². The molecule has 1 aromatic carbocycles. The van der Waals surface area contributed by atoms with E-state index in [-0.39, 0.29) is 27.8 Å². The number of aromatic nitrogens is 2. The summed E-state index contributed by atoms with van der Waals surface area (Å²) in [5, 5.41) is 0. The zero-order chi connectivity index (χ0) is 15.6. The molecule has 2 rings (SSSR count). The van der Waals surface area contributed by atoms with Crippen LogP contribution in [0.5, 0.6) is 0 Å². The Morgan fingerprint density at radius 2 is 2.05 bits per heavy atom. The van der Waals surface area contributed by atoms with Gasteiger partial charge in [-0.2, -0.15) is 0 Å². The van der Waals surface area contributed by atoms with Gasteiger partial charge in [0.25, 0.3) is 0 Å². The van der Waals surface area contributed by atoms with Crippen LogP contribution in [0.4, 0.5) is 5.69 Å². The Bertz CT molecular complexity index is 779. The molecular weight excluding hydrogens is 290 g/mol. The van der Waals surface area contributed by atoms with Crippen molar-refractivity contribution in [2.45, 2.75) is 24.8 Å². The van der Waals surface area contributed by atoms with Crippen molar-refractivity contribution in [3.05, 3.63) is 42.0 Å². The topological polar surface area (TPSA) is 95.0 Å². The molecule has 0 spiro atoms. The molecule has 0 unspecified atom stereocenters. The molecule has 0 fully saturated rings. The Morgan fingerprint density at radius 1 is 1.33 bits per heavy atom. The van der Waals surface area contributed by atoms with Gasteiger partial charge in [-0.25, -0.2) is 13.4 Å². The minimum Gasteiger partial charge on any atom is -0.399 e. The first kappa shape index (κ1) is 15.2. The number of carbonyl (C=O) groups is 1. The zero-order valence-corrected chi connectivity index (χ0v) is 12.7. The number of rotatable bonds is 5. The standard InChI is InChI=1S/C14H17N3O3S/c1-3-5-17-6-4-16-14(17)13(18)10-7-11(15)9-12(8-10)21(2,19)20/h4,6-9H,3,5,15H2,1-2H3. The molecule has 6 nitrogen and oxygen atoms in total. The van der Waals surface area contributed by atoms with Crippen molar-refractivity contribution in [3.63, 3.8) is 0 Å². The number of sulfone groups is 1. The fourth-order valence-corrected chi connectivity index (χ4v) is 2.73. The van der Waals surface area contributed by atoms with Crippen LogP contribution >= 0.6 is 0 Å². The highest BCUT2D eigenvalue weighted by molar-refractivity contribution is 7.90. The number of nitrogen functional groups attached to an aromatic ring is 1. The van der Waals surface area contributed by atoms with E-state index in [1.54, 1.807) is 17.0 Å². The molecule has 0 aliphatic rings. The third-order valence-corrected chi connectivity index (χ3v) is 4.09. The van der Waals surface area contributed by atoms with Gasteiger partial charge in [-0.05, 0) is 24.6 Å². The van der Waals surface area contributed by atoms with Gasteiger partial charge in [0.2, 0.25) is 5.78 Å². The van der Waals surface area contributed by atoms with Crippen LogP contribution in [-0.4, -0.2) is 30.0 Å². The van der Waals surface area contributed by atoms with Crippen molar-refractivity contribution in [1.82, 2.24) is 9.55 Å². The average Bonchev–Trinajstić information content (AvgIpc) is 2.85. The summed E-state index contributed by atoms with van der Waals surface area (Å²) in [6, 6.07) is 4.13. The van der Waals surface area contributed by atoms with E-state index in [1.807, 2.05) is 6.92 Å². The maximum atomic E-state index is 12.5. The normalized spacial score (nSPS) is 11.5. The highest BCUT2D eigenvalue weighted by Crippen LogP contribution is 2.19. The van der Waals surface area contributed by atoms with E-state index in [0.717, 1.165) is 12.7 Å². The molecule has 2 N–H and O–H groups in total. The molecule has 1 aromatic heterocycles. The summed E-state index contributed by atoms with van der Waals surface area (Å²) in [6.45, 7) is 2.67. The van der Waals surface area contributed by atoms with Crippen LogP contribution in [0.1, 0.15) is 29.5 Å². The minimum absolute atomic E-state index is 0.0273. The van der Waals surface area contributed by atoms with Gasteiger partial charge in [0.1, 0.15) is 0 Å². The van der Waals surface area contributed by atoms with Crippen LogP contribution in [0, 0.1) is 0 Å². The molecule has 0 atom stereocenters. The predicted octanol–water partition coefficient (Wildman–Crippen LogP) is 1.51. The summed E-state index contributed by atoms with van der Waals surface area (Å²) in [5.74, 6) is -0.0625. The van der Waals surface area contributed by atoms with Crippen LogP contribution < -0.4 is 5.73 Å². The molecule has 7 heteroatoms. The lowest BCUT2D eigenvalue weighted by atomic mass is 10.1. The van der Waals surface area contributed by atoms with Gasteiger partial charge in [0, 0.05) is 36.4 Å². The van der Waals surface area contributed by atoms with Gasteiger partial charge in [0.15, 0.2) is 15.7 Å². The Labute approximate surface area is 123 Å². The molecule has 21 heavy (non-hydrogen) atoms. The minimum atomic E-state index is -3.43. The maximum Gasteiger partial charge on any atom is 0.228 e. The summed E-state index contributed by atoms with van der Waals surface area (Å²) in [7, 11) is -3.43. The first-order valence-corrected chi connectivity index (χ1v) is 8.38. The van der Waals surface area contributed by atoms with Crippen LogP contribution in [-0.2, 0) is 16.4 Å². The van der Waals surface area contributed by atoms with Crippen molar-refractivity contribution in [1.29, 1.82) is 0 Å². The van der Waals surface area contributed by atoms with Crippen molar-refractivity contribution in [3.8, 4) is 0 Å². The molecular formula is C14H17N3O3S. The Kier molecular flexibility index (Phi) is 4.13. The number of ketones is 1. The fourth-order valence-electron chi connectivity index (χ4n) is 2.04. The number of anilines is 1. The lowest BCUT2D eigenvalue weighted by molar-refractivity contribution is 0.102. The van der Waals surface area contributed by atoms with Gasteiger partial charge < -0.3 is 10.3 Å². The van der Waals surface area contributed by atoms with E-state index >= 15 is 0 Å². The predicted molar refractivity (Wildman–Crippen MR) is 79.9 cm³/mol. The summed E-state index contributed by atoms with van der Waals surface area (Å²) < 4.78 is 25.0. The molecule has 0 radical (unpaired) electrons. The molecule has 1 heterocycles. The smallest absolute Gasteiger partial charge is 0.228 e. The van der Waals surface area contributed by atoms with Crippen molar-refractivity contribution in [2.24, 2.45) is 0 Å². The van der Waals surface area contributed by atoms with Crippen LogP contribution in [0.3, 0.4) is 0 Å². The summed E-state index contributed by atoms with van der Waals surface area (Å²) in [6.07, 6.45) is 5.21. The quantitative estimate of drug-likeness (QED) is 0.667. The summed E-state index contributed by atoms with van der Waals surface area (Å²) in [5.41, 5.74) is 6.15. The molecule has 0 saturated heterocycles. The average molecular weight is 307 g/mol. The largest absolute Gasteiger partial charge is 0.399 e. The third kappa shape index (κ3) is 3.30. The monoisotopic (exact) mass is 307 g/mol. The molecule has 2 aromatic rings. The van der Waals surface area contributed by atoms with E-state index in [0.29, 0.717) is 6.54 Å². The highest BCUT2D eigenvalue weighted by Gasteiger charge is 2.18. The number of nitrogens with zero attached hydrogens (tertiary/aromatic N) is 2. The molecule has 0 aliphatic heterocycles. The highest BCUT2D eigenvalue weighted by atomic mass is 32.2. The Balaban J connectivity index is 2.49. The molecule has 0 amide bonds. The molecule has 112 valence electrons. The molecule has 0 aliphatic carbocycles. The summed E-state index contributed by atoms with van der Waals surface area (Å²) in [4.78, 5) is 16.6. The molecule has 0 saturated carbocycles. The third-order valence-electron chi connectivity index (χ3n) is 3.00. The van der Waals surface area contributed by atoms with Crippen LogP contribution in [0.25, 0.3) is 0 Å². The lowest BCUT2D eigenvalue weighted by Gasteiger charge is -2.08. The van der Waals surface area contributed by atoms with Crippen molar-refractivity contribution >= 4 is 21.3 Å². The summed E-state index contributed by atoms with van der Waals surface area (Å²) >= 11 is 0. The SMILES string of the molecule is CCCn1ccnc1C(=O)c1cc(N)cc(S(C)(=O)=O)c1. The van der Waals surface area contributed by atoms with Gasteiger partial charge >= 0.3 is 0 Å². The van der Waals surface area contributed by atoms with Gasteiger partial charge in [-0.3, -0.25) is 4.79 Å². The second kappa shape index (κ2) is 5.69. The van der Waals surface area contributed by atoms with Crippen LogP contribution in [0.15, 0.2) is 35.5 Å². The van der Waals surface area contributed by atoms with Crippen molar-refractivity contribution in [2.75, 3.05) is 12.0 Å². The number of hydrogen-bond acceptors (Lipinski definition) is 5. The number of hydrogen-bond donors (Lipinski definition) is 1. The second-order valence-corrected chi connectivity index (χ2v) is 6.85. The zero-order valence-electron chi connectivity index (χ0n) is 11.9.